The molecule has 0 aromatic heterocycles. The first-order valence-corrected chi connectivity index (χ1v) is 50.4. The molecule has 39 nitrogen and oxygen atoms in total. The van der Waals surface area contributed by atoms with Gasteiger partial charge in [-0.2, -0.15) is 27.5 Å². The van der Waals surface area contributed by atoms with E-state index in [1.54, 1.807) is 67.2 Å². The second kappa shape index (κ2) is 110. The molecule has 834 valence electrons. The molecule has 40 heteroatoms. The second-order valence-electron chi connectivity index (χ2n) is 32.4. The van der Waals surface area contributed by atoms with Gasteiger partial charge in [-0.1, -0.05) is 213 Å². The average molecular weight is 2080 g/mol. The summed E-state index contributed by atoms with van der Waals surface area (Å²) in [5, 5.41) is 69.4. The number of aliphatic hydroxyl groups excluding tert-OH is 1. The molecule has 0 aromatic carbocycles. The van der Waals surface area contributed by atoms with Crippen molar-refractivity contribution in [3.05, 3.63) is 50.1 Å². The fourth-order valence-corrected chi connectivity index (χ4v) is 7.72. The molecule has 144 heavy (non-hydrogen) atoms. The monoisotopic (exact) mass is 2080 g/mol. The van der Waals surface area contributed by atoms with Gasteiger partial charge in [0.2, 0.25) is 0 Å². The van der Waals surface area contributed by atoms with E-state index in [0.717, 1.165) is 113 Å². The normalized spacial score (nSPS) is 12.4. The number of thioether (sulfide) groups is 1. The molecule has 1 amide bonds. The zero-order valence-electron chi connectivity index (χ0n) is 91.8. The third-order valence-electron chi connectivity index (χ3n) is 20.6. The van der Waals surface area contributed by atoms with Crippen LogP contribution < -0.4 is 5.32 Å². The van der Waals surface area contributed by atoms with Crippen molar-refractivity contribution in [2.24, 2.45) is 76.4 Å². The van der Waals surface area contributed by atoms with E-state index in [2.05, 4.69) is 72.7 Å². The highest BCUT2D eigenvalue weighted by Gasteiger charge is 2.29. The van der Waals surface area contributed by atoms with Crippen LogP contribution in [0.5, 0.6) is 0 Å². The molecule has 0 aromatic rings. The molecule has 0 bridgehead atoms. The minimum absolute atomic E-state index is 0.0150. The quantitative estimate of drug-likeness (QED) is 0.0142. The number of nitrogens with zero attached hydrogens (tertiary/aromatic N) is 3. The smallest absolute Gasteiger partial charge is 0.407 e. The molecule has 0 fully saturated rings. The highest BCUT2D eigenvalue weighted by atomic mass is 32.2. The third-order valence-corrected chi connectivity index (χ3v) is 21.5. The first-order chi connectivity index (χ1) is 67.5. The van der Waals surface area contributed by atoms with E-state index < -0.39 is 60.0 Å². The Kier molecular flexibility index (Phi) is 121. The number of ether oxygens (including phenoxy) is 13. The number of rotatable bonds is 58. The van der Waals surface area contributed by atoms with Crippen LogP contribution in [0, 0.1) is 110 Å². The Morgan fingerprint density at radius 3 is 0.799 bits per heavy atom. The number of alkyl carbamates (subject to hydrolysis) is 1. The fourth-order valence-electron chi connectivity index (χ4n) is 7.23. The first-order valence-electron chi connectivity index (χ1n) is 49.3. The van der Waals surface area contributed by atoms with Crippen molar-refractivity contribution in [2.75, 3.05) is 104 Å². The van der Waals surface area contributed by atoms with Gasteiger partial charge in [-0.25, -0.2) is 24.0 Å². The molecule has 0 heterocycles. The molecule has 0 saturated carbocycles. The van der Waals surface area contributed by atoms with Gasteiger partial charge in [0.15, 0.2) is 0 Å². The Bertz CT molecular complexity index is 3460. The lowest BCUT2D eigenvalue weighted by Crippen LogP contribution is -2.29. The lowest BCUT2D eigenvalue weighted by molar-refractivity contribution is -0.154. The van der Waals surface area contributed by atoms with E-state index in [1.807, 2.05) is 123 Å². The number of esters is 12. The van der Waals surface area contributed by atoms with Gasteiger partial charge in [0.1, 0.15) is 85.4 Å². The SMILES string of the molecule is C=C(C)C(=O)OCC(O)COC(=O)C(C)CC.C=CC(=O)OCCNC(=O)OCCOC(=O)C(C)CC.C=CC(=O)OCCOC(=O)C(C)CC.C=CC(=O)OCCOC(=O)C(C)CC.CCC(C)C(=O)O.CCC(C)C(=O)O.CCC(C)C(=O)O.CCC(C)C(=O)O.CCC(C)C(=O)OCC(CC)(CC)CCC#N.CCC(C)C(=O)OCCC#N.CCC(C)C(=O)OCCC#N.CCSCCOC(=O)C(C)CC. The summed E-state index contributed by atoms with van der Waals surface area (Å²) in [6.45, 7) is 66.6. The van der Waals surface area contributed by atoms with Crippen molar-refractivity contribution in [2.45, 2.75) is 316 Å². The van der Waals surface area contributed by atoms with E-state index >= 15 is 0 Å². The zero-order chi connectivity index (χ0) is 114. The molecule has 0 rings (SSSR count). The zero-order valence-corrected chi connectivity index (χ0v) is 92.7. The number of aliphatic hydroxyl groups is 1. The van der Waals surface area contributed by atoms with E-state index in [1.165, 1.54) is 6.92 Å². The maximum absolute atomic E-state index is 11.6. The van der Waals surface area contributed by atoms with Crippen LogP contribution in [-0.4, -0.2) is 237 Å². The molecule has 13 atom stereocenters. The predicted octanol–water partition coefficient (Wildman–Crippen LogP) is 18.2. The number of carbonyl (C=O) groups is 17. The Morgan fingerprint density at radius 2 is 0.562 bits per heavy atom. The number of hydrogen-bond acceptors (Lipinski definition) is 35. The molecule has 0 spiro atoms. The highest BCUT2D eigenvalue weighted by Crippen LogP contribution is 2.33. The van der Waals surface area contributed by atoms with Crippen molar-refractivity contribution in [3.8, 4) is 18.2 Å². The van der Waals surface area contributed by atoms with Crippen molar-refractivity contribution in [1.29, 1.82) is 15.8 Å². The topological polar surface area (TPSA) is 595 Å². The summed E-state index contributed by atoms with van der Waals surface area (Å²) in [6, 6.07) is 5.98. The van der Waals surface area contributed by atoms with Crippen LogP contribution >= 0.6 is 11.8 Å². The number of nitriles is 3. The average Bonchev–Trinajstić information content (AvgIpc) is 0.874. The number of carboxylic acid groups (broad SMARTS) is 4. The van der Waals surface area contributed by atoms with Crippen LogP contribution in [0.3, 0.4) is 0 Å². The highest BCUT2D eigenvalue weighted by molar-refractivity contribution is 7.99. The van der Waals surface area contributed by atoms with Crippen molar-refractivity contribution in [3.63, 3.8) is 0 Å². The standard InChI is InChI=1S/C14H25NO2.C13H21NO6.C12H20O5.2C10H16O4.C9H18O2S.2C8H13NO2.4C5H10O2/c1-5-12(4)13(16)17-11-14(6-2,7-3)9-8-10-15;1-4-10(3)12(16)19-8-9-20-13(17)14-6-7-18-11(15)5-2;1-5-9(4)12(15)17-7-10(13)6-16-11(14)8(2)3;2*1-4-8(3)10(12)14-7-6-13-9(11)5-2;1-4-8(3)9(10)11-6-7-12-5-2;2*1-3-7(2)8(10)11-6-4-5-9;4*1-3-4(2)5(6)7/h12H,5-9,11H2,1-4H3;5,10H,2,4,6-9H2,1,3H3,(H,14,17);9-10,13H,2,5-7H2,1,3-4H3;2*5,8H,2,4,6-7H2,1,3H3;8H,4-7H2,1-3H3;2*7H,3-4,6H2,1-2H3;4*4H,3H2,1-2H3,(H,6,7). The van der Waals surface area contributed by atoms with E-state index in [0.29, 0.717) is 32.5 Å². The van der Waals surface area contributed by atoms with Crippen LogP contribution in [0.4, 0.5) is 4.79 Å². The summed E-state index contributed by atoms with van der Waals surface area (Å²) < 4.78 is 62.7. The van der Waals surface area contributed by atoms with Crippen LogP contribution in [0.15, 0.2) is 50.1 Å². The minimum atomic E-state index is -1.01. The van der Waals surface area contributed by atoms with Crippen molar-refractivity contribution < 1.29 is 169 Å². The Hall–Kier alpha value is -11.5. The van der Waals surface area contributed by atoms with Gasteiger partial charge in [-0.15, -0.1) is 0 Å². The Morgan fingerprint density at radius 1 is 0.326 bits per heavy atom. The maximum Gasteiger partial charge on any atom is 0.407 e. The Balaban J connectivity index is -0.000000134. The number of amides is 1. The molecule has 0 aliphatic heterocycles. The Labute approximate surface area is 863 Å². The van der Waals surface area contributed by atoms with Gasteiger partial charge in [0, 0.05) is 41.4 Å². The summed E-state index contributed by atoms with van der Waals surface area (Å²) in [7, 11) is 0. The van der Waals surface area contributed by atoms with E-state index in [4.69, 9.17) is 83.6 Å². The summed E-state index contributed by atoms with van der Waals surface area (Å²) in [4.78, 5) is 183. The van der Waals surface area contributed by atoms with Crippen LogP contribution in [0.2, 0.25) is 0 Å². The fraction of sp³-hybridized carbons (Fsp3) is 0.731. The van der Waals surface area contributed by atoms with E-state index in [-0.39, 0.29) is 222 Å². The number of hydrogen-bond donors (Lipinski definition) is 6. The number of aliphatic carboxylic acids is 4. The summed E-state index contributed by atoms with van der Waals surface area (Å²) in [5.74, 6) is -6.13. The van der Waals surface area contributed by atoms with Crippen LogP contribution in [-0.2, 0) is 138 Å². The molecule has 0 saturated heterocycles. The molecule has 0 aliphatic carbocycles. The molecular formula is C104H182N4O35S. The van der Waals surface area contributed by atoms with Gasteiger partial charge in [-0.05, 0) is 109 Å². The third kappa shape index (κ3) is 109. The number of carbonyl (C=O) groups excluding carboxylic acids is 13. The molecular weight excluding hydrogens is 1900 g/mol. The predicted molar refractivity (Wildman–Crippen MR) is 548 cm³/mol. The molecule has 0 aliphatic rings. The summed E-state index contributed by atoms with van der Waals surface area (Å²) in [6.07, 6.45) is 14.2. The van der Waals surface area contributed by atoms with Crippen LogP contribution in [0.1, 0.15) is 309 Å². The van der Waals surface area contributed by atoms with Gasteiger partial charge in [0.05, 0.1) is 115 Å². The largest absolute Gasteiger partial charge is 0.481 e. The second-order valence-corrected chi connectivity index (χ2v) is 33.8. The van der Waals surface area contributed by atoms with Gasteiger partial charge in [0.25, 0.3) is 0 Å². The molecule has 6 N–H and O–H groups in total. The maximum atomic E-state index is 11.6. The first kappa shape index (κ1) is 158. The van der Waals surface area contributed by atoms with Crippen molar-refractivity contribution in [1.82, 2.24) is 5.32 Å². The number of nitrogens with one attached hydrogen (secondary N) is 1. The van der Waals surface area contributed by atoms with Gasteiger partial charge >= 0.3 is 102 Å². The number of carboxylic acids is 4. The lowest BCUT2D eigenvalue weighted by atomic mass is 9.79. The molecule has 13 unspecified atom stereocenters. The minimum Gasteiger partial charge on any atom is -0.481 e. The van der Waals surface area contributed by atoms with E-state index in [9.17, 15) is 86.6 Å². The van der Waals surface area contributed by atoms with Gasteiger partial charge < -0.3 is 92.4 Å². The summed E-state index contributed by atoms with van der Waals surface area (Å²) in [5.41, 5.74) is 0.243. The molecule has 0 radical (unpaired) electrons. The van der Waals surface area contributed by atoms with Crippen molar-refractivity contribution >= 4 is 113 Å². The van der Waals surface area contributed by atoms with Crippen LogP contribution in [0.25, 0.3) is 0 Å². The summed E-state index contributed by atoms with van der Waals surface area (Å²) >= 11 is 1.79. The lowest BCUT2D eigenvalue weighted by Gasteiger charge is -2.30. The van der Waals surface area contributed by atoms with Gasteiger partial charge in [-0.3, -0.25) is 57.5 Å².